The smallest absolute Gasteiger partial charge is 0.254 e. The highest BCUT2D eigenvalue weighted by atomic mass is 16.5. The summed E-state index contributed by atoms with van der Waals surface area (Å²) in [6, 6.07) is 15.6. The highest BCUT2D eigenvalue weighted by Crippen LogP contribution is 2.28. The predicted molar refractivity (Wildman–Crippen MR) is 114 cm³/mol. The molecule has 4 rings (SSSR count). The number of methoxy groups -OCH3 is 2. The van der Waals surface area contributed by atoms with Crippen molar-refractivity contribution >= 4 is 22.6 Å². The normalized spacial score (nSPS) is 14.2. The van der Waals surface area contributed by atoms with Crippen LogP contribution in [-0.2, 0) is 0 Å². The van der Waals surface area contributed by atoms with Crippen LogP contribution in [0.2, 0.25) is 0 Å². The van der Waals surface area contributed by atoms with Gasteiger partial charge in [0, 0.05) is 37.1 Å². The zero-order chi connectivity index (χ0) is 20.4. The first-order chi connectivity index (χ1) is 14.1. The molecule has 0 unspecified atom stereocenters. The second kappa shape index (κ2) is 7.99. The number of aromatic nitrogens is 1. The molecule has 150 valence electrons. The van der Waals surface area contributed by atoms with Crippen LogP contribution < -0.4 is 14.4 Å². The minimum Gasteiger partial charge on any atom is -0.493 e. The van der Waals surface area contributed by atoms with E-state index < -0.39 is 0 Å². The van der Waals surface area contributed by atoms with E-state index in [1.165, 1.54) is 10.9 Å². The van der Waals surface area contributed by atoms with E-state index in [0.717, 1.165) is 24.4 Å². The third-order valence-electron chi connectivity index (χ3n) is 5.43. The van der Waals surface area contributed by atoms with Crippen LogP contribution in [0.1, 0.15) is 15.9 Å². The van der Waals surface area contributed by atoms with Crippen molar-refractivity contribution in [1.82, 2.24) is 9.88 Å². The van der Waals surface area contributed by atoms with Gasteiger partial charge in [0.15, 0.2) is 11.5 Å². The number of benzene rings is 2. The zero-order valence-electron chi connectivity index (χ0n) is 17.0. The van der Waals surface area contributed by atoms with Crippen molar-refractivity contribution in [2.75, 3.05) is 45.3 Å². The van der Waals surface area contributed by atoms with Gasteiger partial charge in [-0.15, -0.1) is 0 Å². The molecule has 0 radical (unpaired) electrons. The first-order valence-electron chi connectivity index (χ1n) is 9.73. The van der Waals surface area contributed by atoms with E-state index >= 15 is 0 Å². The van der Waals surface area contributed by atoms with Crippen molar-refractivity contribution in [3.05, 3.63) is 59.7 Å². The monoisotopic (exact) mass is 391 g/mol. The van der Waals surface area contributed by atoms with Crippen LogP contribution in [0, 0.1) is 6.92 Å². The van der Waals surface area contributed by atoms with Crippen LogP contribution in [0.5, 0.6) is 11.5 Å². The highest BCUT2D eigenvalue weighted by Gasteiger charge is 2.24. The zero-order valence-corrected chi connectivity index (χ0v) is 17.0. The van der Waals surface area contributed by atoms with Gasteiger partial charge in [0.25, 0.3) is 5.91 Å². The average molecular weight is 391 g/mol. The van der Waals surface area contributed by atoms with Gasteiger partial charge in [0.1, 0.15) is 5.82 Å². The molecule has 2 aromatic carbocycles. The van der Waals surface area contributed by atoms with Crippen LogP contribution in [0.15, 0.2) is 48.5 Å². The Hall–Kier alpha value is -3.28. The number of anilines is 1. The maximum absolute atomic E-state index is 12.9. The van der Waals surface area contributed by atoms with E-state index in [4.69, 9.17) is 14.5 Å². The van der Waals surface area contributed by atoms with Crippen LogP contribution in [0.3, 0.4) is 0 Å². The summed E-state index contributed by atoms with van der Waals surface area (Å²) in [6.45, 7) is 4.93. The molecule has 0 atom stereocenters. The number of carbonyl (C=O) groups is 1. The summed E-state index contributed by atoms with van der Waals surface area (Å²) < 4.78 is 10.6. The Morgan fingerprint density at radius 3 is 2.38 bits per heavy atom. The number of ether oxygens (including phenoxy) is 2. The van der Waals surface area contributed by atoms with Crippen molar-refractivity contribution in [2.45, 2.75) is 6.92 Å². The lowest BCUT2D eigenvalue weighted by Crippen LogP contribution is -2.49. The standard InChI is InChI=1S/C23H25N3O3/c1-16-14-22(24-19-7-5-4-6-18(16)19)25-10-12-26(13-11-25)23(27)17-8-9-20(28-2)21(15-17)29-3/h4-9,14-15H,10-13H2,1-3H3. The number of hydrogen-bond donors (Lipinski definition) is 0. The molecular formula is C23H25N3O3. The van der Waals surface area contributed by atoms with Crippen LogP contribution in [0.25, 0.3) is 10.9 Å². The van der Waals surface area contributed by atoms with E-state index in [1.54, 1.807) is 32.4 Å². The van der Waals surface area contributed by atoms with Gasteiger partial charge < -0.3 is 19.3 Å². The number of nitrogens with zero attached hydrogens (tertiary/aromatic N) is 3. The van der Waals surface area contributed by atoms with Gasteiger partial charge in [-0.3, -0.25) is 4.79 Å². The van der Waals surface area contributed by atoms with Gasteiger partial charge in [-0.25, -0.2) is 4.98 Å². The molecule has 1 aromatic heterocycles. The molecule has 1 aliphatic rings. The Bertz CT molecular complexity index is 1040. The van der Waals surface area contributed by atoms with Crippen molar-refractivity contribution in [1.29, 1.82) is 0 Å². The van der Waals surface area contributed by atoms with Crippen molar-refractivity contribution < 1.29 is 14.3 Å². The van der Waals surface area contributed by atoms with Crippen molar-refractivity contribution in [3.63, 3.8) is 0 Å². The first-order valence-corrected chi connectivity index (χ1v) is 9.73. The SMILES string of the molecule is COc1ccc(C(=O)N2CCN(c3cc(C)c4ccccc4n3)CC2)cc1OC. The number of amides is 1. The maximum Gasteiger partial charge on any atom is 0.254 e. The molecule has 0 saturated carbocycles. The average Bonchev–Trinajstić information content (AvgIpc) is 2.78. The molecule has 0 spiro atoms. The number of carbonyl (C=O) groups excluding carboxylic acids is 1. The van der Waals surface area contributed by atoms with Gasteiger partial charge in [0.05, 0.1) is 19.7 Å². The number of piperazine rings is 1. The molecule has 1 saturated heterocycles. The number of para-hydroxylation sites is 1. The molecule has 1 amide bonds. The summed E-state index contributed by atoms with van der Waals surface area (Å²) in [6.07, 6.45) is 0. The number of rotatable bonds is 4. The Morgan fingerprint density at radius 1 is 0.931 bits per heavy atom. The number of fused-ring (bicyclic) bond motifs is 1. The van der Waals surface area contributed by atoms with Crippen LogP contribution >= 0.6 is 0 Å². The lowest BCUT2D eigenvalue weighted by molar-refractivity contribution is 0.0746. The molecular weight excluding hydrogens is 366 g/mol. The Morgan fingerprint density at radius 2 is 1.66 bits per heavy atom. The van der Waals surface area contributed by atoms with Crippen molar-refractivity contribution in [2.24, 2.45) is 0 Å². The number of aryl methyl sites for hydroxylation is 1. The van der Waals surface area contributed by atoms with E-state index in [2.05, 4.69) is 24.0 Å². The molecule has 1 aliphatic heterocycles. The predicted octanol–water partition coefficient (Wildman–Crippen LogP) is 3.52. The van der Waals surface area contributed by atoms with Gasteiger partial charge in [-0.1, -0.05) is 18.2 Å². The fraction of sp³-hybridized carbons (Fsp3) is 0.304. The summed E-state index contributed by atoms with van der Waals surface area (Å²) in [7, 11) is 3.16. The summed E-state index contributed by atoms with van der Waals surface area (Å²) >= 11 is 0. The van der Waals surface area contributed by atoms with Crippen molar-refractivity contribution in [3.8, 4) is 11.5 Å². The molecule has 0 aliphatic carbocycles. The van der Waals surface area contributed by atoms with Gasteiger partial charge >= 0.3 is 0 Å². The van der Waals surface area contributed by atoms with E-state index in [9.17, 15) is 4.79 Å². The summed E-state index contributed by atoms with van der Waals surface area (Å²) in [5.74, 6) is 2.16. The lowest BCUT2D eigenvalue weighted by Gasteiger charge is -2.35. The number of pyridine rings is 1. The Balaban J connectivity index is 1.47. The van der Waals surface area contributed by atoms with Crippen LogP contribution in [-0.4, -0.2) is 56.2 Å². The third kappa shape index (κ3) is 3.70. The number of hydrogen-bond acceptors (Lipinski definition) is 5. The van der Waals surface area contributed by atoms with Gasteiger partial charge in [-0.2, -0.15) is 0 Å². The molecule has 6 nitrogen and oxygen atoms in total. The minimum absolute atomic E-state index is 0.00764. The minimum atomic E-state index is 0.00764. The molecule has 0 N–H and O–H groups in total. The topological polar surface area (TPSA) is 54.9 Å². The second-order valence-electron chi connectivity index (χ2n) is 7.16. The molecule has 1 fully saturated rings. The van der Waals surface area contributed by atoms with E-state index in [-0.39, 0.29) is 5.91 Å². The van der Waals surface area contributed by atoms with Gasteiger partial charge in [0.2, 0.25) is 0 Å². The summed E-state index contributed by atoms with van der Waals surface area (Å²) in [4.78, 5) is 21.9. The van der Waals surface area contributed by atoms with Gasteiger partial charge in [-0.05, 0) is 42.8 Å². The largest absolute Gasteiger partial charge is 0.493 e. The van der Waals surface area contributed by atoms with Crippen LogP contribution in [0.4, 0.5) is 5.82 Å². The molecule has 2 heterocycles. The third-order valence-corrected chi connectivity index (χ3v) is 5.43. The molecule has 29 heavy (non-hydrogen) atoms. The quantitative estimate of drug-likeness (QED) is 0.681. The Labute approximate surface area is 170 Å². The fourth-order valence-electron chi connectivity index (χ4n) is 3.78. The highest BCUT2D eigenvalue weighted by molar-refractivity contribution is 5.95. The second-order valence-corrected chi connectivity index (χ2v) is 7.16. The Kier molecular flexibility index (Phi) is 5.25. The lowest BCUT2D eigenvalue weighted by atomic mass is 10.1. The maximum atomic E-state index is 12.9. The fourth-order valence-corrected chi connectivity index (χ4v) is 3.78. The summed E-state index contributed by atoms with van der Waals surface area (Å²) in [5.41, 5.74) is 2.83. The molecule has 0 bridgehead atoms. The molecule has 6 heteroatoms. The first kappa shape index (κ1) is 19.1. The van der Waals surface area contributed by atoms with E-state index in [1.807, 2.05) is 23.1 Å². The summed E-state index contributed by atoms with van der Waals surface area (Å²) in [5, 5.41) is 1.18. The van der Waals surface area contributed by atoms with E-state index in [0.29, 0.717) is 30.2 Å². The molecule has 3 aromatic rings.